The van der Waals surface area contributed by atoms with E-state index in [9.17, 15) is 9.59 Å². The predicted molar refractivity (Wildman–Crippen MR) is 165 cm³/mol. The molecule has 2 N–H and O–H groups in total. The lowest BCUT2D eigenvalue weighted by atomic mass is 9.88. The molecule has 2 heterocycles. The fourth-order valence-electron chi connectivity index (χ4n) is 5.98. The fourth-order valence-corrected chi connectivity index (χ4v) is 5.98. The average molecular weight is 562 g/mol. The van der Waals surface area contributed by atoms with Crippen LogP contribution in [0.5, 0.6) is 0 Å². The third-order valence-electron chi connectivity index (χ3n) is 8.22. The second-order valence-electron chi connectivity index (χ2n) is 12.6. The fraction of sp³-hybridized carbons (Fsp3) is 0.343. The van der Waals surface area contributed by atoms with Crippen LogP contribution in [0.2, 0.25) is 0 Å². The molecule has 0 bridgehead atoms. The number of carbonyl (C=O) groups is 2. The van der Waals surface area contributed by atoms with Gasteiger partial charge in [-0.2, -0.15) is 5.10 Å². The van der Waals surface area contributed by atoms with Crippen molar-refractivity contribution in [1.82, 2.24) is 25.3 Å². The smallest absolute Gasteiger partial charge is 0.318 e. The summed E-state index contributed by atoms with van der Waals surface area (Å²) in [5.41, 5.74) is 7.73. The zero-order valence-electron chi connectivity index (χ0n) is 24.6. The molecular weight excluding hydrogens is 522 g/mol. The van der Waals surface area contributed by atoms with E-state index < -0.39 is 0 Å². The van der Waals surface area contributed by atoms with Crippen LogP contribution in [0.1, 0.15) is 60.9 Å². The number of hydrogen-bond donors (Lipinski definition) is 2. The van der Waals surface area contributed by atoms with Crippen LogP contribution in [0.15, 0.2) is 85.2 Å². The van der Waals surface area contributed by atoms with Crippen LogP contribution >= 0.6 is 0 Å². The van der Waals surface area contributed by atoms with Crippen LogP contribution in [-0.4, -0.2) is 38.7 Å². The summed E-state index contributed by atoms with van der Waals surface area (Å²) >= 11 is 0. The van der Waals surface area contributed by atoms with Crippen molar-refractivity contribution in [1.29, 1.82) is 0 Å². The molecule has 7 heteroatoms. The van der Waals surface area contributed by atoms with Gasteiger partial charge in [0.15, 0.2) is 0 Å². The molecule has 1 aromatic heterocycles. The maximum absolute atomic E-state index is 13.1. The number of hydrogen-bond acceptors (Lipinski definition) is 3. The number of aromatic nitrogens is 2. The van der Waals surface area contributed by atoms with Gasteiger partial charge in [-0.3, -0.25) is 9.48 Å². The molecule has 2 atom stereocenters. The lowest BCUT2D eigenvalue weighted by Crippen LogP contribution is -2.50. The number of urea groups is 1. The molecule has 216 valence electrons. The first-order chi connectivity index (χ1) is 20.2. The van der Waals surface area contributed by atoms with Gasteiger partial charge in [-0.1, -0.05) is 72.8 Å². The molecule has 7 nitrogen and oxygen atoms in total. The van der Waals surface area contributed by atoms with E-state index in [0.29, 0.717) is 32.1 Å². The summed E-state index contributed by atoms with van der Waals surface area (Å²) in [5, 5.41) is 11.0. The SMILES string of the molecule is CC(C)(C)NC(=O)N1CCc2c(-c3cnn(Cc4ccccc4)c3)ccc(CNC(=O)C3C[C@H]3c3ccccc3)c2C1. The van der Waals surface area contributed by atoms with E-state index in [4.69, 9.17) is 0 Å². The van der Waals surface area contributed by atoms with E-state index in [-0.39, 0.29) is 23.4 Å². The molecule has 3 aromatic carbocycles. The summed E-state index contributed by atoms with van der Waals surface area (Å²) in [5.74, 6) is 0.417. The molecule has 2 aliphatic rings. The Kier molecular flexibility index (Phi) is 7.58. The van der Waals surface area contributed by atoms with Gasteiger partial charge in [-0.05, 0) is 72.9 Å². The molecule has 4 aromatic rings. The Morgan fingerprint density at radius 2 is 1.69 bits per heavy atom. The molecule has 42 heavy (non-hydrogen) atoms. The van der Waals surface area contributed by atoms with Gasteiger partial charge in [0.05, 0.1) is 12.7 Å². The van der Waals surface area contributed by atoms with Crippen LogP contribution in [0, 0.1) is 5.92 Å². The van der Waals surface area contributed by atoms with Gasteiger partial charge in [0.1, 0.15) is 0 Å². The van der Waals surface area contributed by atoms with Crippen molar-refractivity contribution in [2.75, 3.05) is 6.54 Å². The summed E-state index contributed by atoms with van der Waals surface area (Å²) in [6.45, 7) is 8.28. The quantitative estimate of drug-likeness (QED) is 0.296. The number of fused-ring (bicyclic) bond motifs is 1. The van der Waals surface area contributed by atoms with Crippen molar-refractivity contribution in [2.24, 2.45) is 5.92 Å². The lowest BCUT2D eigenvalue weighted by molar-refractivity contribution is -0.122. The number of benzene rings is 3. The largest absolute Gasteiger partial charge is 0.352 e. The van der Waals surface area contributed by atoms with Crippen molar-refractivity contribution >= 4 is 11.9 Å². The Hall–Kier alpha value is -4.39. The minimum Gasteiger partial charge on any atom is -0.352 e. The van der Waals surface area contributed by atoms with Crippen LogP contribution in [0.3, 0.4) is 0 Å². The van der Waals surface area contributed by atoms with E-state index in [2.05, 4.69) is 58.3 Å². The number of nitrogens with one attached hydrogen (secondary N) is 2. The highest BCUT2D eigenvalue weighted by Crippen LogP contribution is 2.47. The highest BCUT2D eigenvalue weighted by atomic mass is 16.2. The van der Waals surface area contributed by atoms with Crippen molar-refractivity contribution < 1.29 is 9.59 Å². The summed E-state index contributed by atoms with van der Waals surface area (Å²) in [6.07, 6.45) is 5.66. The van der Waals surface area contributed by atoms with Crippen molar-refractivity contribution in [3.63, 3.8) is 0 Å². The molecular formula is C35H39N5O2. The Labute approximate surface area is 247 Å². The molecule has 1 aliphatic carbocycles. The first-order valence-corrected chi connectivity index (χ1v) is 14.9. The second kappa shape index (κ2) is 11.5. The molecule has 6 rings (SSSR count). The topological polar surface area (TPSA) is 79.3 Å². The first kappa shape index (κ1) is 27.8. The number of amides is 3. The van der Waals surface area contributed by atoms with Crippen LogP contribution in [0.4, 0.5) is 4.79 Å². The van der Waals surface area contributed by atoms with Crippen molar-refractivity contribution in [2.45, 2.75) is 64.7 Å². The second-order valence-corrected chi connectivity index (χ2v) is 12.6. The molecule has 1 unspecified atom stereocenters. The molecule has 1 fully saturated rings. The van der Waals surface area contributed by atoms with Crippen LogP contribution < -0.4 is 10.6 Å². The van der Waals surface area contributed by atoms with Crippen LogP contribution in [-0.2, 0) is 30.8 Å². The van der Waals surface area contributed by atoms with Gasteiger partial charge in [0.2, 0.25) is 5.91 Å². The normalized spacial score (nSPS) is 17.8. The van der Waals surface area contributed by atoms with Crippen molar-refractivity contribution in [3.8, 4) is 11.1 Å². The van der Waals surface area contributed by atoms with Gasteiger partial charge < -0.3 is 15.5 Å². The number of nitrogens with zero attached hydrogens (tertiary/aromatic N) is 3. The molecule has 0 radical (unpaired) electrons. The molecule has 0 saturated heterocycles. The Balaban J connectivity index is 1.23. The summed E-state index contributed by atoms with van der Waals surface area (Å²) in [4.78, 5) is 28.1. The Morgan fingerprint density at radius 3 is 2.43 bits per heavy atom. The molecule has 0 spiro atoms. The van der Waals surface area contributed by atoms with E-state index in [1.807, 2.05) is 72.9 Å². The average Bonchev–Trinajstić information content (AvgIpc) is 3.67. The highest BCUT2D eigenvalue weighted by Gasteiger charge is 2.43. The maximum atomic E-state index is 13.1. The van der Waals surface area contributed by atoms with E-state index in [1.54, 1.807) is 0 Å². The van der Waals surface area contributed by atoms with Gasteiger partial charge >= 0.3 is 6.03 Å². The van der Waals surface area contributed by atoms with Gasteiger partial charge in [0, 0.05) is 42.9 Å². The first-order valence-electron chi connectivity index (χ1n) is 14.9. The number of carbonyl (C=O) groups excluding carboxylic acids is 2. The minimum atomic E-state index is -0.317. The predicted octanol–water partition coefficient (Wildman–Crippen LogP) is 5.88. The van der Waals surface area contributed by atoms with Gasteiger partial charge in [-0.25, -0.2) is 4.79 Å². The minimum absolute atomic E-state index is 0.0204. The Morgan fingerprint density at radius 1 is 0.952 bits per heavy atom. The van der Waals surface area contributed by atoms with Gasteiger partial charge in [-0.15, -0.1) is 0 Å². The monoisotopic (exact) mass is 561 g/mol. The standard InChI is InChI=1S/C35H39N5O2/c1-35(2,3)38-34(42)39-17-16-29-28(27-20-37-40(22-27)21-24-10-6-4-7-11-24)15-14-26(32(29)23-39)19-36-33(41)31-18-30(31)25-12-8-5-9-13-25/h4-15,20,22,30-31H,16-19,21,23H2,1-3H3,(H,36,41)(H,38,42)/t30-,31?/m0/s1. The highest BCUT2D eigenvalue weighted by molar-refractivity contribution is 5.83. The number of rotatable bonds is 7. The zero-order chi connectivity index (χ0) is 29.3. The van der Waals surface area contributed by atoms with E-state index >= 15 is 0 Å². The zero-order valence-corrected chi connectivity index (χ0v) is 24.6. The third kappa shape index (κ3) is 6.25. The molecule has 3 amide bonds. The van der Waals surface area contributed by atoms with Crippen LogP contribution in [0.25, 0.3) is 11.1 Å². The maximum Gasteiger partial charge on any atom is 0.318 e. The summed E-state index contributed by atoms with van der Waals surface area (Å²) in [6, 6.07) is 24.8. The van der Waals surface area contributed by atoms with E-state index in [0.717, 1.165) is 35.1 Å². The van der Waals surface area contributed by atoms with Gasteiger partial charge in [0.25, 0.3) is 0 Å². The summed E-state index contributed by atoms with van der Waals surface area (Å²) in [7, 11) is 0. The van der Waals surface area contributed by atoms with Crippen molar-refractivity contribution in [3.05, 3.63) is 113 Å². The van der Waals surface area contributed by atoms with E-state index in [1.165, 1.54) is 16.7 Å². The molecule has 1 aliphatic heterocycles. The summed E-state index contributed by atoms with van der Waals surface area (Å²) < 4.78 is 1.97. The third-order valence-corrected chi connectivity index (χ3v) is 8.22. The molecule has 1 saturated carbocycles. The Bertz CT molecular complexity index is 1570. The lowest BCUT2D eigenvalue weighted by Gasteiger charge is -2.34.